The number of hydrogen-bond donors (Lipinski definition) is 2. The van der Waals surface area contributed by atoms with Crippen LogP contribution in [0.25, 0.3) is 0 Å². The number of amidine groups is 1. The van der Waals surface area contributed by atoms with Crippen molar-refractivity contribution in [2.24, 2.45) is 10.9 Å². The van der Waals surface area contributed by atoms with Gasteiger partial charge in [-0.3, -0.25) is 0 Å². The molecular formula is C14H11ClF2N2O2. The molecule has 0 aromatic heterocycles. The second-order valence-electron chi connectivity index (χ2n) is 4.15. The van der Waals surface area contributed by atoms with Crippen LogP contribution < -0.4 is 10.5 Å². The summed E-state index contributed by atoms with van der Waals surface area (Å²) >= 11 is 5.85. The van der Waals surface area contributed by atoms with E-state index in [4.69, 9.17) is 27.3 Å². The van der Waals surface area contributed by atoms with E-state index >= 15 is 0 Å². The van der Waals surface area contributed by atoms with E-state index in [0.717, 1.165) is 12.1 Å². The third kappa shape index (κ3) is 3.61. The quantitative estimate of drug-likeness (QED) is 0.394. The summed E-state index contributed by atoms with van der Waals surface area (Å²) in [7, 11) is 0. The standard InChI is InChI=1S/C14H11ClF2N2O2/c15-11-6-10(16)3-1-9(11)7-21-13-4-2-8(5-12(13)17)14(18)19-20/h1-6,20H,7H2,(H2,18,19). The van der Waals surface area contributed by atoms with Crippen LogP contribution in [0.3, 0.4) is 0 Å². The topological polar surface area (TPSA) is 67.8 Å². The Balaban J connectivity index is 2.13. The largest absolute Gasteiger partial charge is 0.486 e. The zero-order valence-electron chi connectivity index (χ0n) is 10.7. The maximum absolute atomic E-state index is 13.8. The molecule has 0 spiro atoms. The molecular weight excluding hydrogens is 302 g/mol. The maximum Gasteiger partial charge on any atom is 0.170 e. The summed E-state index contributed by atoms with van der Waals surface area (Å²) in [5.74, 6) is -1.36. The van der Waals surface area contributed by atoms with Gasteiger partial charge in [-0.15, -0.1) is 0 Å². The van der Waals surface area contributed by atoms with Gasteiger partial charge in [0.2, 0.25) is 0 Å². The highest BCUT2D eigenvalue weighted by molar-refractivity contribution is 6.31. The van der Waals surface area contributed by atoms with Gasteiger partial charge in [0.25, 0.3) is 0 Å². The number of hydrogen-bond acceptors (Lipinski definition) is 3. The fraction of sp³-hybridized carbons (Fsp3) is 0.0714. The van der Waals surface area contributed by atoms with Crippen molar-refractivity contribution in [3.05, 3.63) is 64.2 Å². The monoisotopic (exact) mass is 312 g/mol. The predicted octanol–water partition coefficient (Wildman–Crippen LogP) is 3.29. The van der Waals surface area contributed by atoms with Crippen LogP contribution in [-0.4, -0.2) is 11.0 Å². The zero-order chi connectivity index (χ0) is 15.4. The molecule has 0 fully saturated rings. The molecule has 0 heterocycles. The second kappa shape index (κ2) is 6.41. The molecule has 0 saturated heterocycles. The first-order valence-electron chi connectivity index (χ1n) is 5.85. The van der Waals surface area contributed by atoms with Gasteiger partial charge < -0.3 is 15.7 Å². The molecule has 2 rings (SSSR count). The maximum atomic E-state index is 13.8. The lowest BCUT2D eigenvalue weighted by molar-refractivity contribution is 0.290. The van der Waals surface area contributed by atoms with Crippen LogP contribution in [0, 0.1) is 11.6 Å². The van der Waals surface area contributed by atoms with E-state index in [1.165, 1.54) is 24.3 Å². The molecule has 0 aliphatic carbocycles. The minimum atomic E-state index is -0.669. The van der Waals surface area contributed by atoms with Crippen molar-refractivity contribution in [3.63, 3.8) is 0 Å². The highest BCUT2D eigenvalue weighted by Gasteiger charge is 2.09. The summed E-state index contributed by atoms with van der Waals surface area (Å²) in [6, 6.07) is 7.72. The van der Waals surface area contributed by atoms with E-state index in [9.17, 15) is 8.78 Å². The van der Waals surface area contributed by atoms with E-state index in [0.29, 0.717) is 5.56 Å². The molecule has 0 aliphatic heterocycles. The third-order valence-electron chi connectivity index (χ3n) is 2.73. The molecule has 0 radical (unpaired) electrons. The molecule has 4 nitrogen and oxygen atoms in total. The van der Waals surface area contributed by atoms with Crippen LogP contribution in [0.2, 0.25) is 5.02 Å². The van der Waals surface area contributed by atoms with Crippen molar-refractivity contribution in [1.29, 1.82) is 0 Å². The molecule has 2 aromatic carbocycles. The normalized spacial score (nSPS) is 11.5. The lowest BCUT2D eigenvalue weighted by Crippen LogP contribution is -2.13. The number of oxime groups is 1. The molecule has 21 heavy (non-hydrogen) atoms. The van der Waals surface area contributed by atoms with E-state index in [-0.39, 0.29) is 28.8 Å². The molecule has 0 amide bonds. The van der Waals surface area contributed by atoms with Crippen molar-refractivity contribution in [3.8, 4) is 5.75 Å². The van der Waals surface area contributed by atoms with Crippen molar-refractivity contribution in [2.75, 3.05) is 0 Å². The van der Waals surface area contributed by atoms with Crippen LogP contribution in [-0.2, 0) is 6.61 Å². The number of halogens is 3. The summed E-state index contributed by atoms with van der Waals surface area (Å²) in [6.07, 6.45) is 0. The van der Waals surface area contributed by atoms with Gasteiger partial charge in [0, 0.05) is 11.1 Å². The minimum absolute atomic E-state index is 0.0149. The molecule has 3 N–H and O–H groups in total. The van der Waals surface area contributed by atoms with Gasteiger partial charge in [0.1, 0.15) is 12.4 Å². The average Bonchev–Trinajstić information content (AvgIpc) is 2.46. The van der Waals surface area contributed by atoms with Gasteiger partial charge in [-0.1, -0.05) is 22.8 Å². The highest BCUT2D eigenvalue weighted by atomic mass is 35.5. The Morgan fingerprint density at radius 2 is 2.00 bits per heavy atom. The Morgan fingerprint density at radius 1 is 1.24 bits per heavy atom. The lowest BCUT2D eigenvalue weighted by Gasteiger charge is -2.09. The molecule has 0 unspecified atom stereocenters. The van der Waals surface area contributed by atoms with Crippen LogP contribution in [0.15, 0.2) is 41.6 Å². The number of benzene rings is 2. The number of rotatable bonds is 4. The molecule has 0 atom stereocenters. The first-order chi connectivity index (χ1) is 10.0. The van der Waals surface area contributed by atoms with Crippen molar-refractivity contribution in [1.82, 2.24) is 0 Å². The molecule has 110 valence electrons. The molecule has 0 aliphatic rings. The Hall–Kier alpha value is -2.34. The smallest absolute Gasteiger partial charge is 0.170 e. The van der Waals surface area contributed by atoms with E-state index in [1.54, 1.807) is 0 Å². The fourth-order valence-corrected chi connectivity index (χ4v) is 1.85. The Morgan fingerprint density at radius 3 is 2.62 bits per heavy atom. The first kappa shape index (κ1) is 15.1. The summed E-state index contributed by atoms with van der Waals surface area (Å²) in [5.41, 5.74) is 6.10. The van der Waals surface area contributed by atoms with E-state index in [2.05, 4.69) is 5.16 Å². The summed E-state index contributed by atoms with van der Waals surface area (Å²) in [6.45, 7) is -0.0149. The number of ether oxygens (including phenoxy) is 1. The van der Waals surface area contributed by atoms with Gasteiger partial charge in [0.15, 0.2) is 17.4 Å². The van der Waals surface area contributed by atoms with Gasteiger partial charge >= 0.3 is 0 Å². The highest BCUT2D eigenvalue weighted by Crippen LogP contribution is 2.22. The van der Waals surface area contributed by atoms with Gasteiger partial charge in [0.05, 0.1) is 5.02 Å². The average molecular weight is 313 g/mol. The molecule has 0 saturated carbocycles. The summed E-state index contributed by atoms with van der Waals surface area (Å²) in [5, 5.41) is 11.5. The van der Waals surface area contributed by atoms with Crippen LogP contribution in [0.4, 0.5) is 8.78 Å². The Labute approximate surface area is 124 Å². The van der Waals surface area contributed by atoms with Gasteiger partial charge in [-0.25, -0.2) is 8.78 Å². The minimum Gasteiger partial charge on any atom is -0.486 e. The van der Waals surface area contributed by atoms with E-state index < -0.39 is 11.6 Å². The third-order valence-corrected chi connectivity index (χ3v) is 3.09. The van der Waals surface area contributed by atoms with Gasteiger partial charge in [-0.05, 0) is 30.3 Å². The van der Waals surface area contributed by atoms with Crippen LogP contribution >= 0.6 is 11.6 Å². The number of nitrogens with zero attached hydrogens (tertiary/aromatic N) is 1. The summed E-state index contributed by atoms with van der Waals surface area (Å²) in [4.78, 5) is 0. The Kier molecular flexibility index (Phi) is 4.59. The van der Waals surface area contributed by atoms with Crippen LogP contribution in [0.5, 0.6) is 5.75 Å². The van der Waals surface area contributed by atoms with Crippen molar-refractivity contribution < 1.29 is 18.7 Å². The Bertz CT molecular complexity index is 693. The van der Waals surface area contributed by atoms with Crippen molar-refractivity contribution in [2.45, 2.75) is 6.61 Å². The second-order valence-corrected chi connectivity index (χ2v) is 4.56. The van der Waals surface area contributed by atoms with Crippen molar-refractivity contribution >= 4 is 17.4 Å². The first-order valence-corrected chi connectivity index (χ1v) is 6.23. The molecule has 7 heteroatoms. The predicted molar refractivity (Wildman–Crippen MR) is 74.7 cm³/mol. The fourth-order valence-electron chi connectivity index (χ4n) is 1.63. The van der Waals surface area contributed by atoms with E-state index in [1.807, 2.05) is 0 Å². The van der Waals surface area contributed by atoms with Gasteiger partial charge in [-0.2, -0.15) is 0 Å². The SMILES string of the molecule is N/C(=N/O)c1ccc(OCc2ccc(F)cc2Cl)c(F)c1. The molecule has 2 aromatic rings. The van der Waals surface area contributed by atoms with Crippen LogP contribution in [0.1, 0.15) is 11.1 Å². The molecule has 0 bridgehead atoms. The summed E-state index contributed by atoms with van der Waals surface area (Å²) < 4.78 is 32.0. The zero-order valence-corrected chi connectivity index (χ0v) is 11.4. The lowest BCUT2D eigenvalue weighted by atomic mass is 10.2. The number of nitrogens with two attached hydrogens (primary N) is 1.